The third-order valence-electron chi connectivity index (χ3n) is 11.4. The molecule has 0 spiro atoms. The summed E-state index contributed by atoms with van der Waals surface area (Å²) in [6.07, 6.45) is 6.41. The lowest BCUT2D eigenvalue weighted by Crippen LogP contribution is -2.09. The molecule has 8 aromatic carbocycles. The number of aliphatic imine (C=N–C) groups is 1. The SMILES string of the molecule is C=NC1=C(SCc2ccc(N(c3ccccc3)c3ccc(-c4ccc(-c5ccc(N(c6ccccc6)c6ccc(-c7nc8ccccc8s7)cc6)cc5)cc4)cc3)cc2)C=CCC1. The van der Waals surface area contributed by atoms with Gasteiger partial charge < -0.3 is 9.80 Å². The van der Waals surface area contributed by atoms with Gasteiger partial charge in [0.15, 0.2) is 0 Å². The summed E-state index contributed by atoms with van der Waals surface area (Å²) in [5, 5.41) is 1.03. The number of aromatic nitrogens is 1. The highest BCUT2D eigenvalue weighted by Gasteiger charge is 2.16. The summed E-state index contributed by atoms with van der Waals surface area (Å²) < 4.78 is 1.20. The standard InChI is InChI=1S/C57H44N4S2/c1-58-53-16-8-10-18-55(53)62-40-41-20-32-49(33-21-41)60(47-12-4-2-5-13-47)50-34-26-44(27-35-50)42-22-24-43(25-23-42)45-28-36-51(37-29-45)61(48-14-6-3-7-15-48)52-38-30-46(31-39-52)57-59-54-17-9-11-19-56(54)63-57/h2-7,9-15,17-39H,1,8,16,40H2. The molecule has 0 fully saturated rings. The van der Waals surface area contributed by atoms with E-state index in [1.165, 1.54) is 37.4 Å². The predicted molar refractivity (Wildman–Crippen MR) is 272 cm³/mol. The first-order valence-corrected chi connectivity index (χ1v) is 23.0. The van der Waals surface area contributed by atoms with Crippen LogP contribution < -0.4 is 9.80 Å². The van der Waals surface area contributed by atoms with Crippen LogP contribution in [-0.2, 0) is 5.75 Å². The molecule has 1 aliphatic carbocycles. The Hall–Kier alpha value is -7.25. The van der Waals surface area contributed by atoms with E-state index < -0.39 is 0 Å². The first kappa shape index (κ1) is 39.9. The first-order valence-electron chi connectivity index (χ1n) is 21.2. The Labute approximate surface area is 377 Å². The minimum Gasteiger partial charge on any atom is -0.311 e. The maximum absolute atomic E-state index is 4.88. The molecule has 0 bridgehead atoms. The van der Waals surface area contributed by atoms with Crippen molar-refractivity contribution in [3.05, 3.63) is 235 Å². The van der Waals surface area contributed by atoms with E-state index >= 15 is 0 Å². The molecule has 304 valence electrons. The second-order valence-corrected chi connectivity index (χ2v) is 17.5. The van der Waals surface area contributed by atoms with Gasteiger partial charge in [-0.3, -0.25) is 4.99 Å². The zero-order valence-corrected chi connectivity index (χ0v) is 36.4. The molecule has 1 aliphatic rings. The molecule has 4 nitrogen and oxygen atoms in total. The van der Waals surface area contributed by atoms with E-state index in [0.29, 0.717) is 0 Å². The summed E-state index contributed by atoms with van der Waals surface area (Å²) in [7, 11) is 0. The molecule has 63 heavy (non-hydrogen) atoms. The van der Waals surface area contributed by atoms with Crippen molar-refractivity contribution in [3.8, 4) is 32.8 Å². The molecule has 0 aliphatic heterocycles. The molecule has 0 saturated carbocycles. The van der Waals surface area contributed by atoms with E-state index in [2.05, 4.69) is 234 Å². The number of anilines is 6. The van der Waals surface area contributed by atoms with E-state index in [1.807, 2.05) is 17.8 Å². The van der Waals surface area contributed by atoms with Crippen molar-refractivity contribution < 1.29 is 0 Å². The minimum atomic E-state index is 0.887. The maximum Gasteiger partial charge on any atom is 0.124 e. The van der Waals surface area contributed by atoms with Gasteiger partial charge in [0, 0.05) is 50.3 Å². The number of fused-ring (bicyclic) bond motifs is 1. The van der Waals surface area contributed by atoms with Crippen LogP contribution in [0.15, 0.2) is 234 Å². The van der Waals surface area contributed by atoms with Gasteiger partial charge >= 0.3 is 0 Å². The van der Waals surface area contributed by atoms with Crippen molar-refractivity contribution in [1.29, 1.82) is 0 Å². The highest BCUT2D eigenvalue weighted by Crippen LogP contribution is 2.40. The molecule has 1 heterocycles. The normalized spacial score (nSPS) is 12.4. The highest BCUT2D eigenvalue weighted by atomic mass is 32.2. The maximum atomic E-state index is 4.88. The van der Waals surface area contributed by atoms with E-state index in [1.54, 1.807) is 11.3 Å². The quantitative estimate of drug-likeness (QED) is 0.108. The van der Waals surface area contributed by atoms with Gasteiger partial charge in [-0.15, -0.1) is 23.1 Å². The number of para-hydroxylation sites is 3. The molecule has 9 aromatic rings. The van der Waals surface area contributed by atoms with Gasteiger partial charge in [0.2, 0.25) is 0 Å². The fourth-order valence-electron chi connectivity index (χ4n) is 8.08. The molecule has 6 heteroatoms. The van der Waals surface area contributed by atoms with Gasteiger partial charge in [0.25, 0.3) is 0 Å². The lowest BCUT2D eigenvalue weighted by molar-refractivity contribution is 0.943. The number of thiazole rings is 1. The van der Waals surface area contributed by atoms with Gasteiger partial charge in [0.1, 0.15) is 5.01 Å². The van der Waals surface area contributed by atoms with Crippen molar-refractivity contribution in [3.63, 3.8) is 0 Å². The fraction of sp³-hybridized carbons (Fsp3) is 0.0526. The average molecular weight is 849 g/mol. The molecule has 0 saturated heterocycles. The van der Waals surface area contributed by atoms with Crippen molar-refractivity contribution in [2.45, 2.75) is 18.6 Å². The second kappa shape index (κ2) is 18.4. The van der Waals surface area contributed by atoms with Gasteiger partial charge in [-0.1, -0.05) is 121 Å². The Morgan fingerprint density at radius 2 is 0.921 bits per heavy atom. The summed E-state index contributed by atoms with van der Waals surface area (Å²) in [6.45, 7) is 3.79. The number of benzene rings is 8. The third-order valence-corrected chi connectivity index (χ3v) is 13.6. The summed E-state index contributed by atoms with van der Waals surface area (Å²) in [6, 6.07) is 73.7. The summed E-state index contributed by atoms with van der Waals surface area (Å²) in [5.41, 5.74) is 15.9. The molecule has 0 radical (unpaired) electrons. The molecule has 1 aromatic heterocycles. The van der Waals surface area contributed by atoms with Crippen LogP contribution in [0.5, 0.6) is 0 Å². The van der Waals surface area contributed by atoms with Crippen molar-refractivity contribution >= 4 is 74.2 Å². The molecule has 10 rings (SSSR count). The summed E-state index contributed by atoms with van der Waals surface area (Å²) in [4.78, 5) is 15.0. The van der Waals surface area contributed by atoms with Gasteiger partial charge in [0.05, 0.1) is 15.9 Å². The first-order chi connectivity index (χ1) is 31.2. The third kappa shape index (κ3) is 8.78. The van der Waals surface area contributed by atoms with Crippen LogP contribution in [0.3, 0.4) is 0 Å². The number of rotatable bonds is 13. The Morgan fingerprint density at radius 3 is 1.41 bits per heavy atom. The number of allylic oxidation sites excluding steroid dienone is 3. The van der Waals surface area contributed by atoms with Crippen LogP contribution in [0.2, 0.25) is 0 Å². The van der Waals surface area contributed by atoms with E-state index in [9.17, 15) is 0 Å². The molecule has 0 N–H and O–H groups in total. The zero-order chi connectivity index (χ0) is 42.4. The van der Waals surface area contributed by atoms with Crippen LogP contribution in [0.25, 0.3) is 43.0 Å². The van der Waals surface area contributed by atoms with Crippen LogP contribution in [0, 0.1) is 0 Å². The molecular weight excluding hydrogens is 805 g/mol. The van der Waals surface area contributed by atoms with Crippen LogP contribution in [0.4, 0.5) is 34.1 Å². The summed E-state index contributed by atoms with van der Waals surface area (Å²) >= 11 is 3.56. The number of thioether (sulfide) groups is 1. The van der Waals surface area contributed by atoms with Crippen molar-refractivity contribution in [2.75, 3.05) is 9.80 Å². The number of hydrogen-bond donors (Lipinski definition) is 0. The van der Waals surface area contributed by atoms with E-state index in [-0.39, 0.29) is 0 Å². The molecule has 0 unspecified atom stereocenters. The van der Waals surface area contributed by atoms with Crippen LogP contribution >= 0.6 is 23.1 Å². The fourth-order valence-corrected chi connectivity index (χ4v) is 10.1. The lowest BCUT2D eigenvalue weighted by atomic mass is 9.99. The van der Waals surface area contributed by atoms with Gasteiger partial charge in [-0.25, -0.2) is 4.98 Å². The molecular formula is C57H44N4S2. The highest BCUT2D eigenvalue weighted by molar-refractivity contribution is 8.02. The average Bonchev–Trinajstić information content (AvgIpc) is 3.80. The van der Waals surface area contributed by atoms with Crippen LogP contribution in [-0.4, -0.2) is 11.7 Å². The van der Waals surface area contributed by atoms with E-state index in [4.69, 9.17) is 4.98 Å². The predicted octanol–water partition coefficient (Wildman–Crippen LogP) is 16.7. The van der Waals surface area contributed by atoms with Gasteiger partial charge in [-0.2, -0.15) is 0 Å². The Kier molecular flexibility index (Phi) is 11.6. The Morgan fingerprint density at radius 1 is 0.492 bits per heavy atom. The minimum absolute atomic E-state index is 0.887. The van der Waals surface area contributed by atoms with E-state index in [0.717, 1.165) is 74.5 Å². The molecule has 0 amide bonds. The zero-order valence-electron chi connectivity index (χ0n) is 34.7. The smallest absolute Gasteiger partial charge is 0.124 e. The Balaban J connectivity index is 0.853. The number of hydrogen-bond acceptors (Lipinski definition) is 6. The van der Waals surface area contributed by atoms with Gasteiger partial charge in [-0.05, 0) is 144 Å². The van der Waals surface area contributed by atoms with Crippen molar-refractivity contribution in [1.82, 2.24) is 4.98 Å². The topological polar surface area (TPSA) is 31.7 Å². The monoisotopic (exact) mass is 848 g/mol. The lowest BCUT2D eigenvalue weighted by Gasteiger charge is -2.26. The number of nitrogens with zero attached hydrogens (tertiary/aromatic N) is 4. The second-order valence-electron chi connectivity index (χ2n) is 15.4. The Bertz CT molecular complexity index is 3000. The van der Waals surface area contributed by atoms with Crippen molar-refractivity contribution in [2.24, 2.45) is 4.99 Å². The summed E-state index contributed by atoms with van der Waals surface area (Å²) in [5.74, 6) is 0.887. The molecule has 0 atom stereocenters. The van der Waals surface area contributed by atoms with Crippen LogP contribution in [0.1, 0.15) is 18.4 Å². The largest absolute Gasteiger partial charge is 0.311 e.